The maximum absolute atomic E-state index is 11.2. The molecule has 1 aromatic carbocycles. The third kappa shape index (κ3) is 4.16. The van der Waals surface area contributed by atoms with Crippen LogP contribution in [0.5, 0.6) is 0 Å². The van der Waals surface area contributed by atoms with Crippen molar-refractivity contribution in [3.8, 4) is 0 Å². The van der Waals surface area contributed by atoms with Gasteiger partial charge in [-0.1, -0.05) is 43.3 Å². The molecule has 0 amide bonds. The fraction of sp³-hybridized carbons (Fsp3) is 0.471. The predicted molar refractivity (Wildman–Crippen MR) is 82.9 cm³/mol. The monoisotopic (exact) mass is 289 g/mol. The third-order valence-electron chi connectivity index (χ3n) is 3.97. The lowest BCUT2D eigenvalue weighted by atomic mass is 9.94. The van der Waals surface area contributed by atoms with E-state index >= 15 is 0 Å². The van der Waals surface area contributed by atoms with Crippen LogP contribution >= 0.6 is 0 Å². The largest absolute Gasteiger partial charge is 0.481 e. The lowest BCUT2D eigenvalue weighted by molar-refractivity contribution is -0.148. The van der Waals surface area contributed by atoms with Crippen LogP contribution < -0.4 is 0 Å². The molecule has 0 spiro atoms. The molecular weight excluding hydrogens is 266 g/mol. The van der Waals surface area contributed by atoms with Gasteiger partial charge in [0, 0.05) is 19.6 Å². The molecule has 2 atom stereocenters. The first-order valence-corrected chi connectivity index (χ1v) is 7.49. The summed E-state index contributed by atoms with van der Waals surface area (Å²) in [4.78, 5) is 13.3. The maximum atomic E-state index is 11.2. The zero-order chi connectivity index (χ0) is 15.2. The Balaban J connectivity index is 2.08. The van der Waals surface area contributed by atoms with Crippen LogP contribution in [0.15, 0.2) is 36.4 Å². The van der Waals surface area contributed by atoms with Crippen molar-refractivity contribution in [2.24, 2.45) is 5.92 Å². The minimum absolute atomic E-state index is 0.407. The van der Waals surface area contributed by atoms with Gasteiger partial charge < -0.3 is 10.2 Å². The molecule has 1 aromatic rings. The Kier molecular flexibility index (Phi) is 5.53. The highest BCUT2D eigenvalue weighted by atomic mass is 16.4. The average Bonchev–Trinajstić information content (AvgIpc) is 2.49. The lowest BCUT2D eigenvalue weighted by Crippen LogP contribution is -2.46. The minimum atomic E-state index is -0.909. The van der Waals surface area contributed by atoms with Crippen LogP contribution in [-0.4, -0.2) is 46.8 Å². The maximum Gasteiger partial charge on any atom is 0.310 e. The van der Waals surface area contributed by atoms with Crippen LogP contribution in [0.25, 0.3) is 5.57 Å². The molecule has 0 radical (unpaired) electrons. The van der Waals surface area contributed by atoms with E-state index in [0.717, 1.165) is 19.5 Å². The molecule has 1 saturated heterocycles. The quantitative estimate of drug-likeness (QED) is 0.873. The Hall–Kier alpha value is -1.65. The summed E-state index contributed by atoms with van der Waals surface area (Å²) in [6.45, 7) is 3.97. The molecule has 0 saturated carbocycles. The van der Waals surface area contributed by atoms with E-state index in [2.05, 4.69) is 30.0 Å². The van der Waals surface area contributed by atoms with E-state index in [4.69, 9.17) is 0 Å². The van der Waals surface area contributed by atoms with Gasteiger partial charge in [-0.15, -0.1) is 0 Å². The number of nitrogens with zero attached hydrogens (tertiary/aromatic N) is 1. The van der Waals surface area contributed by atoms with Crippen LogP contribution in [-0.2, 0) is 4.79 Å². The van der Waals surface area contributed by atoms with Gasteiger partial charge in [0.1, 0.15) is 0 Å². The van der Waals surface area contributed by atoms with E-state index in [1.165, 1.54) is 11.1 Å². The number of piperidine rings is 1. The zero-order valence-electron chi connectivity index (χ0n) is 12.4. The van der Waals surface area contributed by atoms with Gasteiger partial charge in [0.25, 0.3) is 0 Å². The van der Waals surface area contributed by atoms with E-state index in [0.29, 0.717) is 13.0 Å². The predicted octanol–water partition coefficient (Wildman–Crippen LogP) is 2.25. The summed E-state index contributed by atoms with van der Waals surface area (Å²) in [7, 11) is 0. The first-order valence-electron chi connectivity index (χ1n) is 7.49. The summed E-state index contributed by atoms with van der Waals surface area (Å²) < 4.78 is 0. The third-order valence-corrected chi connectivity index (χ3v) is 3.97. The van der Waals surface area contributed by atoms with Crippen LogP contribution in [0.3, 0.4) is 0 Å². The molecule has 4 nitrogen and oxygen atoms in total. The van der Waals surface area contributed by atoms with Crippen LogP contribution in [0.1, 0.15) is 25.3 Å². The molecule has 21 heavy (non-hydrogen) atoms. The van der Waals surface area contributed by atoms with Gasteiger partial charge in [0.2, 0.25) is 0 Å². The van der Waals surface area contributed by atoms with Crippen LogP contribution in [0, 0.1) is 5.92 Å². The number of hydrogen-bond acceptors (Lipinski definition) is 3. The molecule has 1 aliphatic heterocycles. The van der Waals surface area contributed by atoms with Gasteiger partial charge in [-0.2, -0.15) is 0 Å². The molecule has 0 aromatic heterocycles. The number of carboxylic acid groups (broad SMARTS) is 1. The molecule has 2 rings (SSSR count). The first-order chi connectivity index (χ1) is 10.1. The number of allylic oxidation sites excluding steroid dienone is 1. The Morgan fingerprint density at radius 2 is 2.10 bits per heavy atom. The molecular formula is C17H23NO3. The van der Waals surface area contributed by atoms with Crippen molar-refractivity contribution < 1.29 is 15.0 Å². The standard InChI is InChI=1S/C17H23NO3/c1-2-6-14(13-7-4-3-5-8-13)11-18-10-9-16(19)15(12-18)17(20)21/h3-8,15-16,19H,2,9-12H2,1H3,(H,20,21)/b14-6-/t15-,16+/m0/s1. The average molecular weight is 289 g/mol. The summed E-state index contributed by atoms with van der Waals surface area (Å²) in [6.07, 6.45) is 2.93. The van der Waals surface area contributed by atoms with Gasteiger partial charge in [0.15, 0.2) is 0 Å². The smallest absolute Gasteiger partial charge is 0.310 e. The molecule has 114 valence electrons. The summed E-state index contributed by atoms with van der Waals surface area (Å²) >= 11 is 0. The topological polar surface area (TPSA) is 60.8 Å². The highest BCUT2D eigenvalue weighted by molar-refractivity contribution is 5.71. The van der Waals surface area contributed by atoms with Crippen molar-refractivity contribution in [2.75, 3.05) is 19.6 Å². The van der Waals surface area contributed by atoms with Crippen molar-refractivity contribution in [1.82, 2.24) is 4.90 Å². The zero-order valence-corrected chi connectivity index (χ0v) is 12.4. The van der Waals surface area contributed by atoms with Gasteiger partial charge >= 0.3 is 5.97 Å². The normalized spacial score (nSPS) is 24.0. The highest BCUT2D eigenvalue weighted by Gasteiger charge is 2.33. The number of carbonyl (C=O) groups is 1. The molecule has 0 bridgehead atoms. The van der Waals surface area contributed by atoms with Gasteiger partial charge in [-0.05, 0) is 24.0 Å². The summed E-state index contributed by atoms with van der Waals surface area (Å²) in [5, 5.41) is 19.0. The van der Waals surface area contributed by atoms with Gasteiger partial charge in [0.05, 0.1) is 12.0 Å². The molecule has 1 aliphatic rings. The van der Waals surface area contributed by atoms with E-state index in [-0.39, 0.29) is 0 Å². The number of rotatable bonds is 5. The van der Waals surface area contributed by atoms with Crippen molar-refractivity contribution in [2.45, 2.75) is 25.9 Å². The van der Waals surface area contributed by atoms with Crippen LogP contribution in [0.4, 0.5) is 0 Å². The number of aliphatic hydroxyl groups is 1. The minimum Gasteiger partial charge on any atom is -0.481 e. The second-order valence-electron chi connectivity index (χ2n) is 5.54. The Labute approximate surface area is 125 Å². The van der Waals surface area contributed by atoms with E-state index in [9.17, 15) is 15.0 Å². The van der Waals surface area contributed by atoms with Gasteiger partial charge in [-0.25, -0.2) is 0 Å². The molecule has 0 unspecified atom stereocenters. The number of aliphatic hydroxyl groups excluding tert-OH is 1. The van der Waals surface area contributed by atoms with Crippen LogP contribution in [0.2, 0.25) is 0 Å². The number of hydrogen-bond donors (Lipinski definition) is 2. The van der Waals surface area contributed by atoms with E-state index < -0.39 is 18.0 Å². The highest BCUT2D eigenvalue weighted by Crippen LogP contribution is 2.22. The second kappa shape index (κ2) is 7.38. The molecule has 1 fully saturated rings. The summed E-state index contributed by atoms with van der Waals surface area (Å²) in [5.74, 6) is -1.59. The van der Waals surface area contributed by atoms with Crippen molar-refractivity contribution in [3.05, 3.63) is 42.0 Å². The number of likely N-dealkylation sites (tertiary alicyclic amines) is 1. The van der Waals surface area contributed by atoms with E-state index in [1.807, 2.05) is 18.2 Å². The molecule has 0 aliphatic carbocycles. The lowest BCUT2D eigenvalue weighted by Gasteiger charge is -2.34. The van der Waals surface area contributed by atoms with Gasteiger partial charge in [-0.3, -0.25) is 9.69 Å². The number of aliphatic carboxylic acids is 1. The van der Waals surface area contributed by atoms with Crippen molar-refractivity contribution in [3.63, 3.8) is 0 Å². The fourth-order valence-electron chi connectivity index (χ4n) is 2.81. The molecule has 1 heterocycles. The van der Waals surface area contributed by atoms with Crippen molar-refractivity contribution in [1.29, 1.82) is 0 Å². The van der Waals surface area contributed by atoms with Crippen molar-refractivity contribution >= 4 is 11.5 Å². The first kappa shape index (κ1) is 15.7. The molecule has 2 N–H and O–H groups in total. The Bertz CT molecular complexity index is 498. The number of benzene rings is 1. The molecule has 4 heteroatoms. The summed E-state index contributed by atoms with van der Waals surface area (Å²) in [6, 6.07) is 10.2. The Morgan fingerprint density at radius 1 is 1.38 bits per heavy atom. The van der Waals surface area contributed by atoms with E-state index in [1.54, 1.807) is 0 Å². The SMILES string of the molecule is CC/C=C(/CN1CC[C@@H](O)[C@@H](C(=O)O)C1)c1ccccc1. The number of carboxylic acids is 1. The Morgan fingerprint density at radius 3 is 2.71 bits per heavy atom. The summed E-state index contributed by atoms with van der Waals surface area (Å²) in [5.41, 5.74) is 2.40. The second-order valence-corrected chi connectivity index (χ2v) is 5.54. The fourth-order valence-corrected chi connectivity index (χ4v) is 2.81.